The monoisotopic (exact) mass is 561 g/mol. The van der Waals surface area contributed by atoms with Crippen LogP contribution in [0.5, 0.6) is 23.1 Å². The van der Waals surface area contributed by atoms with Gasteiger partial charge in [0.15, 0.2) is 0 Å². The topological polar surface area (TPSA) is 97.8 Å². The van der Waals surface area contributed by atoms with Gasteiger partial charge in [0.2, 0.25) is 5.88 Å². The predicted octanol–water partition coefficient (Wildman–Crippen LogP) is 6.58. The number of nitrogens with zero attached hydrogens (tertiary/aromatic N) is 2. The number of amides is 1. The number of ether oxygens (including phenoxy) is 4. The Morgan fingerprint density at radius 2 is 1.63 bits per heavy atom. The van der Waals surface area contributed by atoms with Gasteiger partial charge in [-0.2, -0.15) is 0 Å². The van der Waals surface area contributed by atoms with Crippen molar-refractivity contribution >= 4 is 29.3 Å². The maximum Gasteiger partial charge on any atom is 0.411 e. The van der Waals surface area contributed by atoms with E-state index < -0.39 is 6.09 Å². The van der Waals surface area contributed by atoms with Gasteiger partial charge < -0.3 is 24.7 Å². The molecule has 10 heteroatoms. The Kier molecular flexibility index (Phi) is 8.04. The molecule has 0 spiro atoms. The molecule has 1 aromatic heterocycles. The first-order valence-corrected chi connectivity index (χ1v) is 13.0. The van der Waals surface area contributed by atoms with E-state index in [1.807, 2.05) is 28.9 Å². The SMILES string of the molecule is COc1ccc(Cn2nc(OC(N)=O)c3c2CC(c2c(Cl)c(OC)cc(OC)c2Cl)CC3C(C)(C)C)cc1. The Morgan fingerprint density at radius 1 is 1.03 bits per heavy atom. The first kappa shape index (κ1) is 27.9. The van der Waals surface area contributed by atoms with E-state index >= 15 is 0 Å². The Morgan fingerprint density at radius 3 is 2.13 bits per heavy atom. The number of carbonyl (C=O) groups is 1. The van der Waals surface area contributed by atoms with Gasteiger partial charge in [-0.15, -0.1) is 5.10 Å². The molecule has 0 fully saturated rings. The fourth-order valence-corrected chi connectivity index (χ4v) is 6.06. The number of hydrogen-bond donors (Lipinski definition) is 1. The van der Waals surface area contributed by atoms with Gasteiger partial charge in [-0.1, -0.05) is 56.1 Å². The van der Waals surface area contributed by atoms with Crippen LogP contribution in [0.2, 0.25) is 10.0 Å². The van der Waals surface area contributed by atoms with Gasteiger partial charge in [-0.3, -0.25) is 4.68 Å². The molecule has 1 aliphatic rings. The number of methoxy groups -OCH3 is 3. The van der Waals surface area contributed by atoms with Crippen molar-refractivity contribution in [2.45, 2.75) is 52.0 Å². The minimum atomic E-state index is -0.902. The zero-order valence-electron chi connectivity index (χ0n) is 22.4. The minimum absolute atomic E-state index is 0.0421. The molecule has 3 aromatic rings. The van der Waals surface area contributed by atoms with Crippen LogP contribution in [0.25, 0.3) is 0 Å². The second kappa shape index (κ2) is 10.9. The zero-order chi connectivity index (χ0) is 27.8. The summed E-state index contributed by atoms with van der Waals surface area (Å²) >= 11 is 13.7. The number of benzene rings is 2. The summed E-state index contributed by atoms with van der Waals surface area (Å²) in [6.45, 7) is 6.90. The molecule has 0 radical (unpaired) electrons. The molecule has 2 atom stereocenters. The lowest BCUT2D eigenvalue weighted by Gasteiger charge is -2.38. The summed E-state index contributed by atoms with van der Waals surface area (Å²) in [7, 11) is 4.75. The van der Waals surface area contributed by atoms with E-state index in [0.717, 1.165) is 28.1 Å². The first-order chi connectivity index (χ1) is 18.0. The summed E-state index contributed by atoms with van der Waals surface area (Å²) in [6, 6.07) is 9.44. The van der Waals surface area contributed by atoms with E-state index in [9.17, 15) is 4.79 Å². The van der Waals surface area contributed by atoms with Crippen LogP contribution < -0.4 is 24.7 Å². The van der Waals surface area contributed by atoms with E-state index in [4.69, 9.17) is 53.0 Å². The predicted molar refractivity (Wildman–Crippen MR) is 147 cm³/mol. The lowest BCUT2D eigenvalue weighted by atomic mass is 9.66. The van der Waals surface area contributed by atoms with Crippen LogP contribution >= 0.6 is 23.2 Å². The highest BCUT2D eigenvalue weighted by Crippen LogP contribution is 2.55. The minimum Gasteiger partial charge on any atom is -0.497 e. The second-order valence-corrected chi connectivity index (χ2v) is 11.2. The second-order valence-electron chi connectivity index (χ2n) is 10.5. The van der Waals surface area contributed by atoms with Gasteiger partial charge in [0.1, 0.15) is 17.2 Å². The summed E-state index contributed by atoms with van der Waals surface area (Å²) in [5.74, 6) is 1.86. The van der Waals surface area contributed by atoms with Crippen molar-refractivity contribution in [3.05, 3.63) is 62.8 Å². The van der Waals surface area contributed by atoms with Crippen LogP contribution in [0, 0.1) is 5.41 Å². The summed E-state index contributed by atoms with van der Waals surface area (Å²) in [4.78, 5) is 11.8. The standard InChI is InChI=1S/C28H33Cl2N3O5/c1-28(2,3)18-11-16(22-24(29)20(36-5)13-21(37-6)25(22)30)12-19-23(18)26(38-27(31)34)32-33(19)14-15-7-9-17(35-4)10-8-15/h7-10,13,16,18H,11-12,14H2,1-6H3,(H2,31,34). The molecule has 0 saturated heterocycles. The van der Waals surface area contributed by atoms with E-state index in [1.54, 1.807) is 27.4 Å². The van der Waals surface area contributed by atoms with Crippen molar-refractivity contribution in [2.75, 3.05) is 21.3 Å². The van der Waals surface area contributed by atoms with Gasteiger partial charge >= 0.3 is 6.09 Å². The van der Waals surface area contributed by atoms with Crippen LogP contribution in [-0.4, -0.2) is 37.2 Å². The zero-order valence-corrected chi connectivity index (χ0v) is 23.9. The van der Waals surface area contributed by atoms with E-state index in [2.05, 4.69) is 20.8 Å². The first-order valence-electron chi connectivity index (χ1n) is 12.3. The smallest absolute Gasteiger partial charge is 0.411 e. The van der Waals surface area contributed by atoms with Crippen molar-refractivity contribution in [3.63, 3.8) is 0 Å². The normalized spacial score (nSPS) is 17.1. The molecular formula is C28H33Cl2N3O5. The van der Waals surface area contributed by atoms with Crippen LogP contribution in [-0.2, 0) is 13.0 Å². The van der Waals surface area contributed by atoms with Gasteiger partial charge in [0, 0.05) is 22.9 Å². The van der Waals surface area contributed by atoms with Crippen molar-refractivity contribution in [1.29, 1.82) is 0 Å². The summed E-state index contributed by atoms with van der Waals surface area (Å²) in [6.07, 6.45) is 0.346. The Balaban J connectivity index is 1.88. The molecule has 0 aliphatic heterocycles. The molecule has 0 bridgehead atoms. The summed E-state index contributed by atoms with van der Waals surface area (Å²) in [5, 5.41) is 5.63. The number of hydrogen-bond acceptors (Lipinski definition) is 6. The number of primary amides is 1. The third-order valence-electron chi connectivity index (χ3n) is 7.12. The van der Waals surface area contributed by atoms with E-state index in [-0.39, 0.29) is 23.1 Å². The Hall–Kier alpha value is -3.10. The molecule has 8 nitrogen and oxygen atoms in total. The van der Waals surface area contributed by atoms with Gasteiger partial charge in [-0.25, -0.2) is 4.79 Å². The van der Waals surface area contributed by atoms with Gasteiger partial charge in [0.25, 0.3) is 0 Å². The summed E-state index contributed by atoms with van der Waals surface area (Å²) in [5.41, 5.74) is 8.81. The number of rotatable bonds is 7. The Labute approximate surface area is 232 Å². The van der Waals surface area contributed by atoms with E-state index in [1.165, 1.54) is 0 Å². The average Bonchev–Trinajstić information content (AvgIpc) is 3.19. The highest BCUT2D eigenvalue weighted by molar-refractivity contribution is 6.38. The highest BCUT2D eigenvalue weighted by atomic mass is 35.5. The van der Waals surface area contributed by atoms with Crippen LogP contribution in [0.1, 0.15) is 61.4 Å². The van der Waals surface area contributed by atoms with Crippen LogP contribution in [0.4, 0.5) is 4.79 Å². The number of carbonyl (C=O) groups excluding carboxylic acids is 1. The summed E-state index contributed by atoms with van der Waals surface area (Å²) < 4.78 is 23.7. The molecule has 1 heterocycles. The number of halogens is 2. The molecule has 2 N–H and O–H groups in total. The van der Waals surface area contributed by atoms with Gasteiger partial charge in [0.05, 0.1) is 37.9 Å². The maximum atomic E-state index is 11.8. The van der Waals surface area contributed by atoms with Crippen LogP contribution in [0.15, 0.2) is 30.3 Å². The number of aromatic nitrogens is 2. The molecule has 204 valence electrons. The number of nitrogens with two attached hydrogens (primary N) is 1. The highest BCUT2D eigenvalue weighted by Gasteiger charge is 2.42. The quantitative estimate of drug-likeness (QED) is 0.349. The molecule has 1 aliphatic carbocycles. The maximum absolute atomic E-state index is 11.8. The molecule has 1 amide bonds. The fraction of sp³-hybridized carbons (Fsp3) is 0.429. The molecular weight excluding hydrogens is 529 g/mol. The van der Waals surface area contributed by atoms with Crippen LogP contribution in [0.3, 0.4) is 0 Å². The van der Waals surface area contributed by atoms with Crippen molar-refractivity contribution in [3.8, 4) is 23.1 Å². The third-order valence-corrected chi connectivity index (χ3v) is 7.90. The van der Waals surface area contributed by atoms with Crippen molar-refractivity contribution < 1.29 is 23.7 Å². The average molecular weight is 562 g/mol. The molecule has 0 saturated carbocycles. The Bertz CT molecular complexity index is 1300. The lowest BCUT2D eigenvalue weighted by Crippen LogP contribution is -2.29. The fourth-order valence-electron chi connectivity index (χ4n) is 5.25. The van der Waals surface area contributed by atoms with Crippen molar-refractivity contribution in [2.24, 2.45) is 11.1 Å². The van der Waals surface area contributed by atoms with Gasteiger partial charge in [-0.05, 0) is 47.8 Å². The van der Waals surface area contributed by atoms with Crippen molar-refractivity contribution in [1.82, 2.24) is 9.78 Å². The molecule has 4 rings (SSSR count). The lowest BCUT2D eigenvalue weighted by molar-refractivity contribution is 0.205. The molecule has 2 unspecified atom stereocenters. The number of fused-ring (bicyclic) bond motifs is 1. The largest absolute Gasteiger partial charge is 0.497 e. The molecule has 2 aromatic carbocycles. The van der Waals surface area contributed by atoms with E-state index in [0.29, 0.717) is 40.9 Å². The molecule has 38 heavy (non-hydrogen) atoms. The third kappa shape index (κ3) is 5.38.